The average molecular weight is 387 g/mol. The number of benzene rings is 1. The molecule has 3 aromatic rings. The van der Waals surface area contributed by atoms with Crippen LogP contribution in [-0.4, -0.2) is 33.5 Å². The molecule has 1 atom stereocenters. The Morgan fingerprint density at radius 3 is 3.08 bits per heavy atom. The maximum atomic E-state index is 13.1. The zero-order valence-electron chi connectivity index (χ0n) is 13.9. The monoisotopic (exact) mass is 386 g/mol. The number of anilines is 1. The smallest absolute Gasteiger partial charge is 0.278 e. The fourth-order valence-corrected chi connectivity index (χ4v) is 3.74. The number of rotatable bonds is 3. The van der Waals surface area contributed by atoms with Crippen molar-refractivity contribution in [2.24, 2.45) is 0 Å². The van der Waals surface area contributed by atoms with Crippen molar-refractivity contribution in [2.75, 3.05) is 11.4 Å². The molecule has 132 valence electrons. The van der Waals surface area contributed by atoms with Crippen molar-refractivity contribution in [1.82, 2.24) is 15.0 Å². The Balaban J connectivity index is 1.68. The normalized spacial score (nSPS) is 16.1. The molecule has 1 aliphatic heterocycles. The van der Waals surface area contributed by atoms with Gasteiger partial charge in [-0.2, -0.15) is 0 Å². The third-order valence-corrected chi connectivity index (χ3v) is 5.28. The Morgan fingerprint density at radius 2 is 2.31 bits per heavy atom. The minimum atomic E-state index is -0.179. The molecule has 0 fully saturated rings. The van der Waals surface area contributed by atoms with Crippen molar-refractivity contribution >= 4 is 34.5 Å². The molecule has 0 aliphatic carbocycles. The number of thiazole rings is 1. The number of fused-ring (bicyclic) bond motifs is 1. The lowest BCUT2D eigenvalue weighted by Gasteiger charge is -2.34. The number of hydrogen-bond donors (Lipinski definition) is 0. The van der Waals surface area contributed by atoms with E-state index in [4.69, 9.17) is 16.3 Å². The van der Waals surface area contributed by atoms with Crippen LogP contribution in [0.1, 0.15) is 23.8 Å². The Labute approximate surface area is 159 Å². The number of halogens is 1. The van der Waals surface area contributed by atoms with Crippen LogP contribution in [-0.2, 0) is 0 Å². The quantitative estimate of drug-likeness (QED) is 0.678. The summed E-state index contributed by atoms with van der Waals surface area (Å²) in [4.78, 5) is 27.5. The van der Waals surface area contributed by atoms with Crippen molar-refractivity contribution < 1.29 is 9.53 Å². The number of aromatic nitrogens is 3. The van der Waals surface area contributed by atoms with Gasteiger partial charge in [-0.3, -0.25) is 19.7 Å². The first kappa shape index (κ1) is 16.9. The second-order valence-corrected chi connectivity index (χ2v) is 7.05. The number of nitrogens with zero attached hydrogens (tertiary/aromatic N) is 4. The Bertz CT molecular complexity index is 947. The van der Waals surface area contributed by atoms with E-state index in [1.54, 1.807) is 34.9 Å². The molecule has 8 heteroatoms. The molecular weight excluding hydrogens is 372 g/mol. The van der Waals surface area contributed by atoms with Crippen LogP contribution in [0.2, 0.25) is 5.02 Å². The Hall–Kier alpha value is -2.51. The molecule has 0 saturated heterocycles. The molecule has 1 amide bonds. The number of ether oxygens (including phenoxy) is 1. The van der Waals surface area contributed by atoms with Crippen molar-refractivity contribution in [3.05, 3.63) is 52.9 Å². The zero-order valence-corrected chi connectivity index (χ0v) is 15.5. The summed E-state index contributed by atoms with van der Waals surface area (Å²) < 4.78 is 5.94. The van der Waals surface area contributed by atoms with Gasteiger partial charge in [0.2, 0.25) is 0 Å². The molecule has 0 radical (unpaired) electrons. The lowest BCUT2D eigenvalue weighted by atomic mass is 10.1. The standard InChI is InChI=1S/C18H15ClN4O2S/c1-2-11-9-23(15-5-3-4-12(19)16(15)25-11)18(24)14-10-26-17(22-14)13-8-20-6-7-21-13/h3-8,10-11H,2,9H2,1H3/t11-/m1/s1. The minimum absolute atomic E-state index is 0.107. The molecule has 0 bridgehead atoms. The van der Waals surface area contributed by atoms with E-state index in [9.17, 15) is 4.79 Å². The van der Waals surface area contributed by atoms with Gasteiger partial charge in [0.1, 0.15) is 22.5 Å². The summed E-state index contributed by atoms with van der Waals surface area (Å²) in [5, 5.41) is 2.90. The second-order valence-electron chi connectivity index (χ2n) is 5.78. The first-order valence-electron chi connectivity index (χ1n) is 8.16. The highest BCUT2D eigenvalue weighted by Crippen LogP contribution is 2.40. The number of amides is 1. The highest BCUT2D eigenvalue weighted by molar-refractivity contribution is 7.13. The lowest BCUT2D eigenvalue weighted by molar-refractivity contribution is 0.0950. The van der Waals surface area contributed by atoms with Gasteiger partial charge < -0.3 is 4.74 Å². The summed E-state index contributed by atoms with van der Waals surface area (Å²) in [6.07, 6.45) is 5.50. The van der Waals surface area contributed by atoms with Crippen molar-refractivity contribution in [2.45, 2.75) is 19.4 Å². The van der Waals surface area contributed by atoms with Gasteiger partial charge in [-0.25, -0.2) is 4.98 Å². The predicted octanol–water partition coefficient (Wildman–Crippen LogP) is 4.07. The SMILES string of the molecule is CC[C@@H]1CN(C(=O)c2csc(-c3cnccn3)n2)c2cccc(Cl)c2O1. The van der Waals surface area contributed by atoms with Crippen LogP contribution in [0.5, 0.6) is 5.75 Å². The predicted molar refractivity (Wildman–Crippen MR) is 101 cm³/mol. The summed E-state index contributed by atoms with van der Waals surface area (Å²) in [6, 6.07) is 5.40. The molecule has 26 heavy (non-hydrogen) atoms. The van der Waals surface area contributed by atoms with Crippen LogP contribution in [0.4, 0.5) is 5.69 Å². The largest absolute Gasteiger partial charge is 0.485 e. The van der Waals surface area contributed by atoms with Crippen LogP contribution in [0.3, 0.4) is 0 Å². The van der Waals surface area contributed by atoms with Crippen LogP contribution >= 0.6 is 22.9 Å². The fourth-order valence-electron chi connectivity index (χ4n) is 2.77. The maximum Gasteiger partial charge on any atom is 0.278 e. The third-order valence-electron chi connectivity index (χ3n) is 4.11. The number of carbonyl (C=O) groups is 1. The van der Waals surface area contributed by atoms with Crippen LogP contribution in [0.15, 0.2) is 42.2 Å². The lowest BCUT2D eigenvalue weighted by Crippen LogP contribution is -2.43. The molecule has 0 spiro atoms. The molecule has 0 unspecified atom stereocenters. The summed E-state index contributed by atoms with van der Waals surface area (Å²) in [6.45, 7) is 2.48. The van der Waals surface area contributed by atoms with Gasteiger partial charge in [-0.15, -0.1) is 11.3 Å². The van der Waals surface area contributed by atoms with E-state index in [-0.39, 0.29) is 12.0 Å². The highest BCUT2D eigenvalue weighted by Gasteiger charge is 2.32. The van der Waals surface area contributed by atoms with Crippen molar-refractivity contribution in [3.8, 4) is 16.5 Å². The van der Waals surface area contributed by atoms with E-state index in [0.717, 1.165) is 6.42 Å². The number of hydrogen-bond acceptors (Lipinski definition) is 6. The van der Waals surface area contributed by atoms with Gasteiger partial charge in [0.15, 0.2) is 5.75 Å². The van der Waals surface area contributed by atoms with E-state index in [1.807, 2.05) is 19.1 Å². The Morgan fingerprint density at radius 1 is 1.42 bits per heavy atom. The van der Waals surface area contributed by atoms with Crippen molar-refractivity contribution in [3.63, 3.8) is 0 Å². The molecule has 0 N–H and O–H groups in total. The van der Waals surface area contributed by atoms with Gasteiger partial charge in [0.25, 0.3) is 5.91 Å². The molecule has 1 aliphatic rings. The highest BCUT2D eigenvalue weighted by atomic mass is 35.5. The van der Waals surface area contributed by atoms with E-state index >= 15 is 0 Å². The average Bonchev–Trinajstić information content (AvgIpc) is 3.18. The fraction of sp³-hybridized carbons (Fsp3) is 0.222. The topological polar surface area (TPSA) is 68.2 Å². The molecule has 0 saturated carbocycles. The first-order valence-corrected chi connectivity index (χ1v) is 9.42. The number of carbonyl (C=O) groups excluding carboxylic acids is 1. The second kappa shape index (κ2) is 7.01. The van der Waals surface area contributed by atoms with E-state index in [0.29, 0.717) is 39.4 Å². The molecular formula is C18H15ClN4O2S. The van der Waals surface area contributed by atoms with Gasteiger partial charge in [0.05, 0.1) is 23.5 Å². The van der Waals surface area contributed by atoms with Crippen LogP contribution in [0.25, 0.3) is 10.7 Å². The van der Waals surface area contributed by atoms with Crippen LogP contribution in [0, 0.1) is 0 Å². The van der Waals surface area contributed by atoms with Gasteiger partial charge in [-0.05, 0) is 18.6 Å². The van der Waals surface area contributed by atoms with E-state index in [1.165, 1.54) is 11.3 Å². The molecule has 2 aromatic heterocycles. The number of para-hydroxylation sites is 1. The van der Waals surface area contributed by atoms with E-state index < -0.39 is 0 Å². The summed E-state index contributed by atoms with van der Waals surface area (Å²) in [5.41, 5.74) is 1.69. The van der Waals surface area contributed by atoms with Gasteiger partial charge >= 0.3 is 0 Å². The van der Waals surface area contributed by atoms with Gasteiger partial charge in [0, 0.05) is 17.8 Å². The zero-order chi connectivity index (χ0) is 18.1. The molecule has 1 aromatic carbocycles. The van der Waals surface area contributed by atoms with Gasteiger partial charge in [-0.1, -0.05) is 24.6 Å². The Kier molecular flexibility index (Phi) is 4.57. The van der Waals surface area contributed by atoms with Crippen molar-refractivity contribution in [1.29, 1.82) is 0 Å². The minimum Gasteiger partial charge on any atom is -0.485 e. The summed E-state index contributed by atoms with van der Waals surface area (Å²) >= 11 is 7.64. The van der Waals surface area contributed by atoms with Crippen LogP contribution < -0.4 is 9.64 Å². The third kappa shape index (κ3) is 3.04. The summed E-state index contributed by atoms with van der Waals surface area (Å²) in [5.74, 6) is 0.367. The summed E-state index contributed by atoms with van der Waals surface area (Å²) in [7, 11) is 0. The van der Waals surface area contributed by atoms with E-state index in [2.05, 4.69) is 15.0 Å². The molecule has 4 rings (SSSR count). The first-order chi connectivity index (χ1) is 12.7. The molecule has 6 nitrogen and oxygen atoms in total. The molecule has 3 heterocycles. The maximum absolute atomic E-state index is 13.1.